The lowest BCUT2D eigenvalue weighted by Gasteiger charge is -2.06. The van der Waals surface area contributed by atoms with Crippen LogP contribution in [0, 0.1) is 11.6 Å². The van der Waals surface area contributed by atoms with Gasteiger partial charge in [-0.1, -0.05) is 46.4 Å². The third-order valence-corrected chi connectivity index (χ3v) is 5.89. The first-order valence-electron chi connectivity index (χ1n) is 9.78. The molecule has 4 rings (SSSR count). The summed E-state index contributed by atoms with van der Waals surface area (Å²) < 4.78 is 27.2. The monoisotopic (exact) mass is 540 g/mol. The molecule has 0 aliphatic rings. The molecule has 11 heteroatoms. The number of aromatic nitrogens is 3. The molecule has 34 heavy (non-hydrogen) atoms. The Balaban J connectivity index is 1.65. The summed E-state index contributed by atoms with van der Waals surface area (Å²) in [5, 5.41) is 12.9. The normalized spacial score (nSPS) is 11.0. The van der Waals surface area contributed by atoms with E-state index < -0.39 is 17.5 Å². The molecule has 0 fully saturated rings. The zero-order valence-corrected chi connectivity index (χ0v) is 20.2. The van der Waals surface area contributed by atoms with Crippen LogP contribution in [0.4, 0.5) is 8.78 Å². The maximum absolute atomic E-state index is 13.8. The molecule has 0 bridgehead atoms. The molecule has 3 aromatic carbocycles. The Morgan fingerprint density at radius 1 is 0.824 bits per heavy atom. The summed E-state index contributed by atoms with van der Waals surface area (Å²) in [6.07, 6.45) is 0. The fourth-order valence-electron chi connectivity index (χ4n) is 3.20. The summed E-state index contributed by atoms with van der Waals surface area (Å²) in [5.74, 6) is -1.74. The second kappa shape index (κ2) is 10.3. The molecule has 4 aromatic rings. The summed E-state index contributed by atoms with van der Waals surface area (Å²) in [7, 11) is 0. The molecule has 1 amide bonds. The van der Waals surface area contributed by atoms with Gasteiger partial charge in [-0.3, -0.25) is 4.79 Å². The maximum atomic E-state index is 13.8. The number of nitrogens with zero attached hydrogens (tertiary/aromatic N) is 3. The molecular formula is C23H14Cl4F2N4O. The van der Waals surface area contributed by atoms with E-state index in [1.54, 1.807) is 36.4 Å². The number of benzene rings is 3. The summed E-state index contributed by atoms with van der Waals surface area (Å²) in [4.78, 5) is 13.6. The third kappa shape index (κ3) is 5.50. The minimum absolute atomic E-state index is 0.0176. The fourth-order valence-corrected chi connectivity index (χ4v) is 4.20. The molecule has 1 N–H and O–H groups in total. The van der Waals surface area contributed by atoms with Gasteiger partial charge in [0.05, 0.1) is 10.0 Å². The average Bonchev–Trinajstić information content (AvgIpc) is 3.17. The van der Waals surface area contributed by atoms with Crippen molar-refractivity contribution in [3.05, 3.63) is 91.9 Å². The van der Waals surface area contributed by atoms with Gasteiger partial charge in [0.25, 0.3) is 0 Å². The molecule has 0 spiro atoms. The Morgan fingerprint density at radius 2 is 1.38 bits per heavy atom. The van der Waals surface area contributed by atoms with E-state index in [0.717, 1.165) is 23.0 Å². The number of nitrogens with one attached hydrogen (secondary N) is 1. The van der Waals surface area contributed by atoms with Gasteiger partial charge < -0.3 is 5.32 Å². The number of halogens is 6. The number of carbonyl (C=O) groups excluding carboxylic acids is 1. The van der Waals surface area contributed by atoms with Crippen molar-refractivity contribution in [3.63, 3.8) is 0 Å². The van der Waals surface area contributed by atoms with Crippen LogP contribution in [0.2, 0.25) is 20.1 Å². The fraction of sp³-hybridized carbons (Fsp3) is 0.0870. The molecule has 0 saturated carbocycles. The van der Waals surface area contributed by atoms with Crippen LogP contribution in [-0.2, 0) is 17.9 Å². The quantitative estimate of drug-likeness (QED) is 0.291. The Morgan fingerprint density at radius 3 is 1.91 bits per heavy atom. The van der Waals surface area contributed by atoms with Gasteiger partial charge in [-0.15, -0.1) is 0 Å². The maximum Gasteiger partial charge on any atom is 0.243 e. The van der Waals surface area contributed by atoms with E-state index in [9.17, 15) is 13.6 Å². The van der Waals surface area contributed by atoms with Crippen molar-refractivity contribution < 1.29 is 13.6 Å². The van der Waals surface area contributed by atoms with Crippen LogP contribution in [0.15, 0.2) is 54.6 Å². The van der Waals surface area contributed by atoms with Gasteiger partial charge in [0, 0.05) is 33.3 Å². The standard InChI is InChI=1S/C23H14Cl4F2N4O/c24-13-1-4-16(18(26)8-13)22-23(17-5-2-14(25)9-19(17)27)32-33(31-22)11-21(34)30-10-12-7-15(28)3-6-20(12)29/h1-9H,10-11H2,(H,30,34). The van der Waals surface area contributed by atoms with E-state index in [2.05, 4.69) is 15.5 Å². The number of amides is 1. The molecule has 0 aliphatic heterocycles. The first-order valence-corrected chi connectivity index (χ1v) is 11.3. The highest BCUT2D eigenvalue weighted by Gasteiger charge is 2.21. The first kappa shape index (κ1) is 24.4. The van der Waals surface area contributed by atoms with E-state index in [1.165, 1.54) is 0 Å². The van der Waals surface area contributed by atoms with E-state index in [0.29, 0.717) is 42.6 Å². The summed E-state index contributed by atoms with van der Waals surface area (Å²) in [5.41, 5.74) is 1.81. The van der Waals surface area contributed by atoms with Gasteiger partial charge in [-0.2, -0.15) is 15.0 Å². The molecule has 174 valence electrons. The summed E-state index contributed by atoms with van der Waals surface area (Å²) in [6.45, 7) is -0.490. The number of rotatable bonds is 6. The molecule has 5 nitrogen and oxygen atoms in total. The van der Waals surface area contributed by atoms with Gasteiger partial charge in [0.2, 0.25) is 5.91 Å². The van der Waals surface area contributed by atoms with Crippen LogP contribution in [0.1, 0.15) is 5.56 Å². The second-order valence-corrected chi connectivity index (χ2v) is 8.88. The number of hydrogen-bond acceptors (Lipinski definition) is 3. The third-order valence-electron chi connectivity index (χ3n) is 4.80. The van der Waals surface area contributed by atoms with Crippen molar-refractivity contribution in [1.82, 2.24) is 20.3 Å². The molecule has 0 unspecified atom stereocenters. The van der Waals surface area contributed by atoms with E-state index in [4.69, 9.17) is 46.4 Å². The van der Waals surface area contributed by atoms with Gasteiger partial charge in [0.1, 0.15) is 29.6 Å². The highest BCUT2D eigenvalue weighted by atomic mass is 35.5. The summed E-state index contributed by atoms with van der Waals surface area (Å²) in [6, 6.07) is 12.8. The van der Waals surface area contributed by atoms with Crippen molar-refractivity contribution in [3.8, 4) is 22.5 Å². The Labute approximate surface area is 213 Å². The van der Waals surface area contributed by atoms with Gasteiger partial charge in [-0.25, -0.2) is 8.78 Å². The minimum atomic E-state index is -0.627. The van der Waals surface area contributed by atoms with Crippen molar-refractivity contribution >= 4 is 52.3 Å². The van der Waals surface area contributed by atoms with Crippen molar-refractivity contribution in [2.45, 2.75) is 13.1 Å². The molecule has 0 radical (unpaired) electrons. The number of hydrogen-bond donors (Lipinski definition) is 1. The molecule has 1 heterocycles. The van der Waals surface area contributed by atoms with Gasteiger partial charge in [0.15, 0.2) is 0 Å². The topological polar surface area (TPSA) is 59.8 Å². The van der Waals surface area contributed by atoms with Gasteiger partial charge in [-0.05, 0) is 54.6 Å². The molecular weight excluding hydrogens is 528 g/mol. The smallest absolute Gasteiger partial charge is 0.243 e. The van der Waals surface area contributed by atoms with Crippen molar-refractivity contribution in [2.24, 2.45) is 0 Å². The molecule has 1 aromatic heterocycles. The van der Waals surface area contributed by atoms with Crippen molar-refractivity contribution in [1.29, 1.82) is 0 Å². The Bertz CT molecular complexity index is 1320. The first-order chi connectivity index (χ1) is 16.2. The summed E-state index contributed by atoms with van der Waals surface area (Å²) >= 11 is 24.8. The minimum Gasteiger partial charge on any atom is -0.350 e. The lowest BCUT2D eigenvalue weighted by Crippen LogP contribution is -2.28. The average molecular weight is 542 g/mol. The Kier molecular flexibility index (Phi) is 7.38. The van der Waals surface area contributed by atoms with E-state index in [1.807, 2.05) is 0 Å². The van der Waals surface area contributed by atoms with E-state index in [-0.39, 0.29) is 18.7 Å². The predicted molar refractivity (Wildman–Crippen MR) is 129 cm³/mol. The van der Waals surface area contributed by atoms with Crippen LogP contribution >= 0.6 is 46.4 Å². The lowest BCUT2D eigenvalue weighted by atomic mass is 10.0. The van der Waals surface area contributed by atoms with Crippen LogP contribution in [-0.4, -0.2) is 20.9 Å². The van der Waals surface area contributed by atoms with Crippen LogP contribution in [0.5, 0.6) is 0 Å². The lowest BCUT2D eigenvalue weighted by molar-refractivity contribution is -0.122. The van der Waals surface area contributed by atoms with Crippen molar-refractivity contribution in [2.75, 3.05) is 0 Å². The zero-order chi connectivity index (χ0) is 24.4. The van der Waals surface area contributed by atoms with Crippen LogP contribution < -0.4 is 5.32 Å². The highest BCUT2D eigenvalue weighted by molar-refractivity contribution is 6.37. The van der Waals surface area contributed by atoms with Crippen LogP contribution in [0.3, 0.4) is 0 Å². The van der Waals surface area contributed by atoms with Gasteiger partial charge >= 0.3 is 0 Å². The predicted octanol–water partition coefficient (Wildman–Crippen LogP) is 6.82. The van der Waals surface area contributed by atoms with E-state index >= 15 is 0 Å². The SMILES string of the molecule is O=C(Cn1nc(-c2ccc(Cl)cc2Cl)c(-c2ccc(Cl)cc2Cl)n1)NCc1cc(F)ccc1F. The largest absolute Gasteiger partial charge is 0.350 e. The molecule has 0 aliphatic carbocycles. The van der Waals surface area contributed by atoms with Crippen LogP contribution in [0.25, 0.3) is 22.5 Å². The second-order valence-electron chi connectivity index (χ2n) is 7.19. The number of carbonyl (C=O) groups is 1. The zero-order valence-electron chi connectivity index (χ0n) is 17.1. The highest BCUT2D eigenvalue weighted by Crippen LogP contribution is 2.38. The molecule has 0 atom stereocenters. The molecule has 0 saturated heterocycles. The Hall–Kier alpha value is -2.71.